The van der Waals surface area contributed by atoms with Gasteiger partial charge in [-0.3, -0.25) is 0 Å². The number of hydrogen-bond donors (Lipinski definition) is 1. The van der Waals surface area contributed by atoms with Gasteiger partial charge in [0.1, 0.15) is 15.6 Å². The van der Waals surface area contributed by atoms with E-state index in [1.165, 1.54) is 11.3 Å². The van der Waals surface area contributed by atoms with Crippen LogP contribution in [0.5, 0.6) is 5.75 Å². The fraction of sp³-hybridized carbons (Fsp3) is 0.286. The van der Waals surface area contributed by atoms with E-state index in [4.69, 9.17) is 9.84 Å². The lowest BCUT2D eigenvalue weighted by molar-refractivity contribution is 0.0701. The van der Waals surface area contributed by atoms with Gasteiger partial charge in [0.05, 0.1) is 11.8 Å². The molecule has 1 N–H and O–H groups in total. The summed E-state index contributed by atoms with van der Waals surface area (Å²) in [7, 11) is 0. The zero-order valence-electron chi connectivity index (χ0n) is 11.0. The third-order valence-electron chi connectivity index (χ3n) is 2.46. The Kier molecular flexibility index (Phi) is 3.85. The van der Waals surface area contributed by atoms with Crippen LogP contribution < -0.4 is 4.74 Å². The molecule has 0 bridgehead atoms. The van der Waals surface area contributed by atoms with Crippen molar-refractivity contribution in [3.8, 4) is 16.3 Å². The van der Waals surface area contributed by atoms with Crippen molar-refractivity contribution in [3.05, 3.63) is 34.8 Å². The summed E-state index contributed by atoms with van der Waals surface area (Å²) in [5.74, 6) is -0.133. The van der Waals surface area contributed by atoms with Crippen molar-refractivity contribution in [1.29, 1.82) is 0 Å². The molecule has 0 atom stereocenters. The summed E-state index contributed by atoms with van der Waals surface area (Å²) in [6.45, 7) is 5.65. The highest BCUT2D eigenvalue weighted by atomic mass is 32.1. The lowest BCUT2D eigenvalue weighted by Crippen LogP contribution is -2.05. The molecule has 0 unspecified atom stereocenters. The highest BCUT2D eigenvalue weighted by molar-refractivity contribution is 7.17. The number of aromatic carboxylic acids is 1. The average molecular weight is 277 g/mol. The van der Waals surface area contributed by atoms with Crippen LogP contribution in [0.4, 0.5) is 0 Å². The van der Waals surface area contributed by atoms with Crippen molar-refractivity contribution in [2.75, 3.05) is 0 Å². The van der Waals surface area contributed by atoms with Crippen LogP contribution in [0.2, 0.25) is 0 Å². The summed E-state index contributed by atoms with van der Waals surface area (Å²) < 4.78 is 5.56. The van der Waals surface area contributed by atoms with E-state index in [0.29, 0.717) is 10.7 Å². The maximum absolute atomic E-state index is 11.0. The average Bonchev–Trinajstić information content (AvgIpc) is 2.71. The number of nitrogens with zero attached hydrogens (tertiary/aromatic N) is 1. The molecule has 0 saturated heterocycles. The smallest absolute Gasteiger partial charge is 0.347 e. The topological polar surface area (TPSA) is 59.4 Å². The number of benzene rings is 1. The first-order valence-corrected chi connectivity index (χ1v) is 6.77. The maximum atomic E-state index is 11.0. The molecule has 19 heavy (non-hydrogen) atoms. The van der Waals surface area contributed by atoms with Crippen LogP contribution in [0.1, 0.15) is 29.2 Å². The maximum Gasteiger partial charge on any atom is 0.347 e. The second-order valence-corrected chi connectivity index (χ2v) is 5.43. The predicted octanol–water partition coefficient (Wildman–Crippen LogP) is 3.60. The molecule has 2 rings (SSSR count). The van der Waals surface area contributed by atoms with Crippen molar-refractivity contribution in [1.82, 2.24) is 4.98 Å². The van der Waals surface area contributed by atoms with E-state index in [1.54, 1.807) is 6.92 Å². The van der Waals surface area contributed by atoms with E-state index in [0.717, 1.165) is 11.3 Å². The summed E-state index contributed by atoms with van der Waals surface area (Å²) in [4.78, 5) is 15.6. The van der Waals surface area contributed by atoms with Crippen LogP contribution in [-0.4, -0.2) is 22.2 Å². The van der Waals surface area contributed by atoms with Gasteiger partial charge in [0.15, 0.2) is 0 Å². The molecule has 0 saturated carbocycles. The molecule has 1 aromatic carbocycles. The van der Waals surface area contributed by atoms with Gasteiger partial charge >= 0.3 is 5.97 Å². The number of carboxylic acid groups (broad SMARTS) is 1. The number of ether oxygens (including phenoxy) is 1. The van der Waals surface area contributed by atoms with E-state index < -0.39 is 5.97 Å². The quantitative estimate of drug-likeness (QED) is 0.927. The number of thiazole rings is 1. The first kappa shape index (κ1) is 13.5. The Balaban J connectivity index is 2.27. The Labute approximate surface area is 115 Å². The zero-order valence-corrected chi connectivity index (χ0v) is 11.8. The first-order valence-electron chi connectivity index (χ1n) is 5.95. The van der Waals surface area contributed by atoms with Gasteiger partial charge in [0.25, 0.3) is 0 Å². The van der Waals surface area contributed by atoms with Gasteiger partial charge in [-0.25, -0.2) is 9.78 Å². The van der Waals surface area contributed by atoms with E-state index in [1.807, 2.05) is 38.1 Å². The van der Waals surface area contributed by atoms with Crippen LogP contribution in [0.15, 0.2) is 24.3 Å². The Hall–Kier alpha value is -1.88. The van der Waals surface area contributed by atoms with Crippen LogP contribution in [0.3, 0.4) is 0 Å². The Morgan fingerprint density at radius 3 is 2.42 bits per heavy atom. The summed E-state index contributed by atoms with van der Waals surface area (Å²) >= 11 is 1.19. The van der Waals surface area contributed by atoms with Crippen molar-refractivity contribution in [3.63, 3.8) is 0 Å². The third kappa shape index (κ3) is 3.12. The van der Waals surface area contributed by atoms with E-state index >= 15 is 0 Å². The lowest BCUT2D eigenvalue weighted by Gasteiger charge is -2.09. The highest BCUT2D eigenvalue weighted by Crippen LogP contribution is 2.29. The van der Waals surface area contributed by atoms with Crippen LogP contribution in [0.25, 0.3) is 10.6 Å². The molecule has 0 amide bonds. The lowest BCUT2D eigenvalue weighted by atomic mass is 10.2. The molecule has 0 aliphatic heterocycles. The minimum Gasteiger partial charge on any atom is -0.491 e. The molecule has 0 fully saturated rings. The molecule has 1 aromatic heterocycles. The molecule has 100 valence electrons. The standard InChI is InChI=1S/C14H15NO3S/c1-8(2)18-11-6-4-10(5-7-11)13-15-9(3)12(19-13)14(16)17/h4-8H,1-3H3,(H,16,17). The van der Waals surface area contributed by atoms with Gasteiger partial charge in [-0.05, 0) is 45.0 Å². The van der Waals surface area contributed by atoms with E-state index in [-0.39, 0.29) is 11.0 Å². The summed E-state index contributed by atoms with van der Waals surface area (Å²) in [6.07, 6.45) is 0.131. The van der Waals surface area contributed by atoms with E-state index in [9.17, 15) is 4.79 Å². The number of rotatable bonds is 4. The number of aromatic nitrogens is 1. The molecular weight excluding hydrogens is 262 g/mol. The first-order chi connectivity index (χ1) is 8.97. The van der Waals surface area contributed by atoms with Gasteiger partial charge in [0, 0.05) is 5.56 Å². The number of aryl methyl sites for hydroxylation is 1. The number of carbonyl (C=O) groups is 1. The second-order valence-electron chi connectivity index (χ2n) is 4.43. The zero-order chi connectivity index (χ0) is 14.0. The predicted molar refractivity (Wildman–Crippen MR) is 75.0 cm³/mol. The fourth-order valence-electron chi connectivity index (χ4n) is 1.67. The SMILES string of the molecule is Cc1nc(-c2ccc(OC(C)C)cc2)sc1C(=O)O. The van der Waals surface area contributed by atoms with Gasteiger partial charge in [-0.15, -0.1) is 11.3 Å². The van der Waals surface area contributed by atoms with Crippen LogP contribution >= 0.6 is 11.3 Å². The molecule has 2 aromatic rings. The minimum atomic E-state index is -0.930. The molecule has 5 heteroatoms. The van der Waals surface area contributed by atoms with Gasteiger partial charge in [-0.1, -0.05) is 0 Å². The molecule has 1 heterocycles. The van der Waals surface area contributed by atoms with Crippen LogP contribution in [0, 0.1) is 6.92 Å². The largest absolute Gasteiger partial charge is 0.491 e. The molecule has 0 aliphatic carbocycles. The Morgan fingerprint density at radius 1 is 1.32 bits per heavy atom. The molecule has 0 radical (unpaired) electrons. The fourth-order valence-corrected chi connectivity index (χ4v) is 2.58. The van der Waals surface area contributed by atoms with Crippen molar-refractivity contribution in [2.24, 2.45) is 0 Å². The third-order valence-corrected chi connectivity index (χ3v) is 3.66. The molecule has 4 nitrogen and oxygen atoms in total. The molecular formula is C14H15NO3S. The molecule has 0 spiro atoms. The number of hydrogen-bond acceptors (Lipinski definition) is 4. The van der Waals surface area contributed by atoms with Gasteiger partial charge < -0.3 is 9.84 Å². The number of carboxylic acids is 1. The normalized spacial score (nSPS) is 10.7. The van der Waals surface area contributed by atoms with Crippen LogP contribution in [-0.2, 0) is 0 Å². The second kappa shape index (κ2) is 5.40. The monoisotopic (exact) mass is 277 g/mol. The summed E-state index contributed by atoms with van der Waals surface area (Å²) in [5, 5.41) is 9.73. The highest BCUT2D eigenvalue weighted by Gasteiger charge is 2.14. The Morgan fingerprint density at radius 2 is 1.95 bits per heavy atom. The van der Waals surface area contributed by atoms with Gasteiger partial charge in [0.2, 0.25) is 0 Å². The van der Waals surface area contributed by atoms with Crippen molar-refractivity contribution < 1.29 is 14.6 Å². The van der Waals surface area contributed by atoms with Crippen molar-refractivity contribution in [2.45, 2.75) is 26.9 Å². The molecule has 0 aliphatic rings. The van der Waals surface area contributed by atoms with E-state index in [2.05, 4.69) is 4.98 Å². The summed E-state index contributed by atoms with van der Waals surface area (Å²) in [5.41, 5.74) is 1.45. The van der Waals surface area contributed by atoms with Gasteiger partial charge in [-0.2, -0.15) is 0 Å². The Bertz CT molecular complexity index is 587. The van der Waals surface area contributed by atoms with Crippen molar-refractivity contribution >= 4 is 17.3 Å². The minimum absolute atomic E-state index is 0.131. The summed E-state index contributed by atoms with van der Waals surface area (Å²) in [6, 6.07) is 7.52.